The molecule has 1 aromatic heterocycles. The molecule has 3 heterocycles. The van der Waals surface area contributed by atoms with Gasteiger partial charge in [0.25, 0.3) is 0 Å². The van der Waals surface area contributed by atoms with E-state index in [2.05, 4.69) is 52.0 Å². The van der Waals surface area contributed by atoms with Crippen LogP contribution in [0.25, 0.3) is 0 Å². The molecule has 1 N–H and O–H groups in total. The number of hydrogen-bond acceptors (Lipinski definition) is 3. The van der Waals surface area contributed by atoms with E-state index in [4.69, 9.17) is 17.0 Å². The summed E-state index contributed by atoms with van der Waals surface area (Å²) in [6.45, 7) is 9.10. The summed E-state index contributed by atoms with van der Waals surface area (Å²) >= 11 is 5.80. The number of aryl methyl sites for hydroxylation is 1. The molecule has 2 aliphatic heterocycles. The number of morpholine rings is 1. The Hall–Kier alpha value is -1.11. The lowest BCUT2D eigenvalue weighted by Gasteiger charge is -2.33. The van der Waals surface area contributed by atoms with Gasteiger partial charge in [-0.05, 0) is 49.5 Å². The van der Waals surface area contributed by atoms with E-state index in [1.165, 1.54) is 25.0 Å². The van der Waals surface area contributed by atoms with Crippen LogP contribution in [0.2, 0.25) is 0 Å². The van der Waals surface area contributed by atoms with Crippen LogP contribution in [0.3, 0.4) is 0 Å². The summed E-state index contributed by atoms with van der Waals surface area (Å²) in [5.74, 6) is 0.768. The maximum Gasteiger partial charge on any atom is 0.169 e. The van der Waals surface area contributed by atoms with Crippen molar-refractivity contribution in [1.29, 1.82) is 0 Å². The Balaban J connectivity index is 1.59. The minimum Gasteiger partial charge on any atom is -0.379 e. The van der Waals surface area contributed by atoms with Crippen LogP contribution in [0.5, 0.6) is 0 Å². The highest BCUT2D eigenvalue weighted by Crippen LogP contribution is 2.32. The van der Waals surface area contributed by atoms with Crippen LogP contribution < -0.4 is 5.32 Å². The third kappa shape index (κ3) is 4.96. The number of hydrogen-bond donors (Lipinski definition) is 1. The minimum atomic E-state index is 0.383. The van der Waals surface area contributed by atoms with Crippen molar-refractivity contribution in [3.05, 3.63) is 24.0 Å². The topological polar surface area (TPSA) is 32.7 Å². The maximum absolute atomic E-state index is 5.80. The molecule has 0 aromatic carbocycles. The molecule has 2 fully saturated rings. The van der Waals surface area contributed by atoms with Gasteiger partial charge < -0.3 is 19.5 Å². The molecule has 140 valence electrons. The van der Waals surface area contributed by atoms with Gasteiger partial charge in [0.1, 0.15) is 0 Å². The predicted molar refractivity (Wildman–Crippen MR) is 106 cm³/mol. The summed E-state index contributed by atoms with van der Waals surface area (Å²) in [5, 5.41) is 4.43. The molecule has 6 heteroatoms. The average molecular weight is 365 g/mol. The lowest BCUT2D eigenvalue weighted by molar-refractivity contribution is 0.0388. The number of nitrogens with one attached hydrogen (secondary N) is 1. The Morgan fingerprint density at radius 1 is 1.24 bits per heavy atom. The van der Waals surface area contributed by atoms with E-state index in [-0.39, 0.29) is 0 Å². The number of rotatable bonds is 4. The first kappa shape index (κ1) is 18.7. The Kier molecular flexibility index (Phi) is 6.73. The van der Waals surface area contributed by atoms with Crippen LogP contribution in [0.15, 0.2) is 18.3 Å². The standard InChI is InChI=1S/C19H32N4OS/c1-16-5-6-18(17-4-3-9-21(17)2)23(10-7-16)19(25)20-8-11-22-12-14-24-15-13-22/h3-4,9,16,18H,5-8,10-15H2,1-2H3,(H,20,25)/t16-,18+/m0/s1. The fourth-order valence-electron chi connectivity index (χ4n) is 3.88. The fraction of sp³-hybridized carbons (Fsp3) is 0.737. The average Bonchev–Trinajstić information content (AvgIpc) is 2.94. The van der Waals surface area contributed by atoms with Gasteiger partial charge in [0, 0.05) is 51.7 Å². The van der Waals surface area contributed by atoms with Crippen molar-refractivity contribution in [2.75, 3.05) is 45.9 Å². The van der Waals surface area contributed by atoms with Gasteiger partial charge in [-0.1, -0.05) is 6.92 Å². The van der Waals surface area contributed by atoms with Crippen LogP contribution in [0.4, 0.5) is 0 Å². The van der Waals surface area contributed by atoms with E-state index in [1.54, 1.807) is 0 Å². The van der Waals surface area contributed by atoms with Gasteiger partial charge in [-0.15, -0.1) is 0 Å². The molecular weight excluding hydrogens is 332 g/mol. The molecular formula is C19H32N4OS. The third-order valence-electron chi connectivity index (χ3n) is 5.57. The van der Waals surface area contributed by atoms with Crippen molar-refractivity contribution in [1.82, 2.24) is 19.7 Å². The molecule has 3 rings (SSSR count). The smallest absolute Gasteiger partial charge is 0.169 e. The van der Waals surface area contributed by atoms with Gasteiger partial charge in [0.05, 0.1) is 19.3 Å². The summed E-state index contributed by atoms with van der Waals surface area (Å²) < 4.78 is 7.65. The Bertz CT molecular complexity index is 555. The van der Waals surface area contributed by atoms with Crippen molar-refractivity contribution in [3.8, 4) is 0 Å². The molecule has 1 aromatic rings. The van der Waals surface area contributed by atoms with Crippen molar-refractivity contribution < 1.29 is 4.74 Å². The van der Waals surface area contributed by atoms with E-state index < -0.39 is 0 Å². The summed E-state index contributed by atoms with van der Waals surface area (Å²) in [6.07, 6.45) is 5.79. The van der Waals surface area contributed by atoms with E-state index in [1.807, 2.05) is 0 Å². The molecule has 5 nitrogen and oxygen atoms in total. The summed E-state index contributed by atoms with van der Waals surface area (Å²) in [7, 11) is 2.14. The Morgan fingerprint density at radius 3 is 2.76 bits per heavy atom. The van der Waals surface area contributed by atoms with Crippen molar-refractivity contribution in [3.63, 3.8) is 0 Å². The molecule has 0 saturated carbocycles. The highest BCUT2D eigenvalue weighted by atomic mass is 32.1. The minimum absolute atomic E-state index is 0.383. The lowest BCUT2D eigenvalue weighted by Crippen LogP contribution is -2.46. The van der Waals surface area contributed by atoms with Gasteiger partial charge in [-0.2, -0.15) is 0 Å². The van der Waals surface area contributed by atoms with E-state index in [0.29, 0.717) is 6.04 Å². The van der Waals surface area contributed by atoms with Gasteiger partial charge in [0.2, 0.25) is 0 Å². The SMILES string of the molecule is C[C@H]1CC[C@H](c2cccn2C)N(C(=S)NCCN2CCOCC2)CC1. The number of likely N-dealkylation sites (tertiary alicyclic amines) is 1. The monoisotopic (exact) mass is 364 g/mol. The molecule has 0 amide bonds. The van der Waals surface area contributed by atoms with E-state index in [0.717, 1.165) is 57.0 Å². The second kappa shape index (κ2) is 9.01. The van der Waals surface area contributed by atoms with Gasteiger partial charge >= 0.3 is 0 Å². The summed E-state index contributed by atoms with van der Waals surface area (Å²) in [5.41, 5.74) is 1.37. The predicted octanol–water partition coefficient (Wildman–Crippen LogP) is 2.39. The Labute approximate surface area is 157 Å². The lowest BCUT2D eigenvalue weighted by atomic mass is 10.0. The van der Waals surface area contributed by atoms with Crippen LogP contribution in [0.1, 0.15) is 37.9 Å². The van der Waals surface area contributed by atoms with Crippen LogP contribution >= 0.6 is 12.2 Å². The molecule has 0 spiro atoms. The summed E-state index contributed by atoms with van der Waals surface area (Å²) in [4.78, 5) is 4.87. The molecule has 2 aliphatic rings. The van der Waals surface area contributed by atoms with E-state index in [9.17, 15) is 0 Å². The first-order valence-electron chi connectivity index (χ1n) is 9.61. The maximum atomic E-state index is 5.80. The quantitative estimate of drug-likeness (QED) is 0.830. The zero-order chi connectivity index (χ0) is 17.6. The second-order valence-corrected chi connectivity index (χ2v) is 7.80. The van der Waals surface area contributed by atoms with Crippen LogP contribution in [-0.2, 0) is 11.8 Å². The molecule has 0 bridgehead atoms. The van der Waals surface area contributed by atoms with Crippen molar-refractivity contribution in [2.45, 2.75) is 32.2 Å². The number of ether oxygens (including phenoxy) is 1. The first-order chi connectivity index (χ1) is 12.1. The molecule has 2 atom stereocenters. The van der Waals surface area contributed by atoms with Gasteiger partial charge in [0.15, 0.2) is 5.11 Å². The molecule has 0 radical (unpaired) electrons. The largest absolute Gasteiger partial charge is 0.379 e. The summed E-state index contributed by atoms with van der Waals surface area (Å²) in [6, 6.07) is 4.76. The normalized spacial score (nSPS) is 25.6. The highest BCUT2D eigenvalue weighted by molar-refractivity contribution is 7.80. The molecule has 25 heavy (non-hydrogen) atoms. The zero-order valence-electron chi connectivity index (χ0n) is 15.6. The van der Waals surface area contributed by atoms with Gasteiger partial charge in [-0.25, -0.2) is 0 Å². The highest BCUT2D eigenvalue weighted by Gasteiger charge is 2.28. The first-order valence-corrected chi connectivity index (χ1v) is 10.0. The van der Waals surface area contributed by atoms with Crippen molar-refractivity contribution in [2.24, 2.45) is 13.0 Å². The van der Waals surface area contributed by atoms with Crippen molar-refractivity contribution >= 4 is 17.3 Å². The number of nitrogens with zero attached hydrogens (tertiary/aromatic N) is 3. The van der Waals surface area contributed by atoms with E-state index >= 15 is 0 Å². The molecule has 0 unspecified atom stereocenters. The fourth-order valence-corrected chi connectivity index (χ4v) is 4.20. The Morgan fingerprint density at radius 2 is 2.04 bits per heavy atom. The molecule has 2 saturated heterocycles. The second-order valence-electron chi connectivity index (χ2n) is 7.41. The van der Waals surface area contributed by atoms with Crippen LogP contribution in [-0.4, -0.2) is 65.4 Å². The number of thiocarbonyl (C=S) groups is 1. The number of aromatic nitrogens is 1. The zero-order valence-corrected chi connectivity index (χ0v) is 16.4. The van der Waals surface area contributed by atoms with Gasteiger partial charge in [-0.3, -0.25) is 4.90 Å². The van der Waals surface area contributed by atoms with Crippen LogP contribution in [0, 0.1) is 5.92 Å². The third-order valence-corrected chi connectivity index (χ3v) is 5.94. The molecule has 0 aliphatic carbocycles.